The number of carbonyl (C=O) groups excluding carboxylic acids is 1. The van der Waals surface area contributed by atoms with Crippen LogP contribution in [0.1, 0.15) is 22.3 Å². The van der Waals surface area contributed by atoms with E-state index in [0.717, 1.165) is 18.5 Å². The average molecular weight is 262 g/mol. The van der Waals surface area contributed by atoms with E-state index < -0.39 is 0 Å². The standard InChI is InChI=1S/C15H22N2O2/c1-12-3-5-13(6-4-12)15(18)17-9-10-19-14(11-17)7-8-16-2/h3-6,14,16H,7-11H2,1-2H3. The van der Waals surface area contributed by atoms with E-state index in [1.165, 1.54) is 5.56 Å². The highest BCUT2D eigenvalue weighted by molar-refractivity contribution is 5.94. The Hall–Kier alpha value is -1.39. The van der Waals surface area contributed by atoms with Gasteiger partial charge in [0.25, 0.3) is 5.91 Å². The second kappa shape index (κ2) is 6.68. The van der Waals surface area contributed by atoms with E-state index in [-0.39, 0.29) is 12.0 Å². The van der Waals surface area contributed by atoms with E-state index in [1.807, 2.05) is 43.1 Å². The zero-order chi connectivity index (χ0) is 13.7. The number of hydrogen-bond donors (Lipinski definition) is 1. The number of aryl methyl sites for hydroxylation is 1. The summed E-state index contributed by atoms with van der Waals surface area (Å²) in [4.78, 5) is 14.3. The number of nitrogens with one attached hydrogen (secondary N) is 1. The topological polar surface area (TPSA) is 41.6 Å². The summed E-state index contributed by atoms with van der Waals surface area (Å²) < 4.78 is 5.68. The van der Waals surface area contributed by atoms with Crippen molar-refractivity contribution in [1.29, 1.82) is 0 Å². The molecule has 1 unspecified atom stereocenters. The number of hydrogen-bond acceptors (Lipinski definition) is 3. The van der Waals surface area contributed by atoms with Gasteiger partial charge >= 0.3 is 0 Å². The first-order valence-corrected chi connectivity index (χ1v) is 6.83. The average Bonchev–Trinajstić information content (AvgIpc) is 2.45. The van der Waals surface area contributed by atoms with Gasteiger partial charge in [-0.3, -0.25) is 4.79 Å². The van der Waals surface area contributed by atoms with E-state index in [9.17, 15) is 4.79 Å². The van der Waals surface area contributed by atoms with Gasteiger partial charge in [0.1, 0.15) is 0 Å². The fourth-order valence-electron chi connectivity index (χ4n) is 2.26. The summed E-state index contributed by atoms with van der Waals surface area (Å²) in [6.07, 6.45) is 1.09. The van der Waals surface area contributed by atoms with Crippen molar-refractivity contribution in [3.05, 3.63) is 35.4 Å². The van der Waals surface area contributed by atoms with Crippen molar-refractivity contribution in [3.8, 4) is 0 Å². The Morgan fingerprint density at radius 2 is 2.16 bits per heavy atom. The van der Waals surface area contributed by atoms with Crippen LogP contribution in [0.5, 0.6) is 0 Å². The van der Waals surface area contributed by atoms with Crippen LogP contribution < -0.4 is 5.32 Å². The molecular formula is C15H22N2O2. The zero-order valence-corrected chi connectivity index (χ0v) is 11.7. The predicted molar refractivity (Wildman–Crippen MR) is 75.4 cm³/mol. The first kappa shape index (κ1) is 14.0. The van der Waals surface area contributed by atoms with Crippen molar-refractivity contribution >= 4 is 5.91 Å². The van der Waals surface area contributed by atoms with Gasteiger partial charge in [0, 0.05) is 18.7 Å². The molecule has 0 aliphatic carbocycles. The Bertz CT molecular complexity index is 417. The lowest BCUT2D eigenvalue weighted by Gasteiger charge is -2.33. The molecule has 4 nitrogen and oxygen atoms in total. The van der Waals surface area contributed by atoms with Gasteiger partial charge in [0.2, 0.25) is 0 Å². The van der Waals surface area contributed by atoms with Gasteiger partial charge in [-0.15, -0.1) is 0 Å². The Morgan fingerprint density at radius 3 is 2.84 bits per heavy atom. The third-order valence-corrected chi connectivity index (χ3v) is 3.44. The van der Waals surface area contributed by atoms with Crippen LogP contribution in [0.3, 0.4) is 0 Å². The molecule has 1 saturated heterocycles. The Balaban J connectivity index is 1.96. The zero-order valence-electron chi connectivity index (χ0n) is 11.7. The second-order valence-electron chi connectivity index (χ2n) is 5.00. The maximum absolute atomic E-state index is 12.4. The molecule has 4 heteroatoms. The van der Waals surface area contributed by atoms with Crippen LogP contribution in [0.25, 0.3) is 0 Å². The van der Waals surface area contributed by atoms with Gasteiger partial charge in [-0.1, -0.05) is 17.7 Å². The molecule has 1 N–H and O–H groups in total. The molecule has 0 saturated carbocycles. The SMILES string of the molecule is CNCCC1CN(C(=O)c2ccc(C)cc2)CCO1. The van der Waals surface area contributed by atoms with Crippen molar-refractivity contribution in [3.63, 3.8) is 0 Å². The number of nitrogens with zero attached hydrogens (tertiary/aromatic N) is 1. The summed E-state index contributed by atoms with van der Waals surface area (Å²) in [6.45, 7) is 4.94. The van der Waals surface area contributed by atoms with Gasteiger partial charge in [-0.25, -0.2) is 0 Å². The van der Waals surface area contributed by atoms with E-state index in [1.54, 1.807) is 0 Å². The highest BCUT2D eigenvalue weighted by atomic mass is 16.5. The van der Waals surface area contributed by atoms with Crippen molar-refractivity contribution in [2.45, 2.75) is 19.4 Å². The first-order valence-electron chi connectivity index (χ1n) is 6.83. The fourth-order valence-corrected chi connectivity index (χ4v) is 2.26. The van der Waals surface area contributed by atoms with Gasteiger partial charge in [0.15, 0.2) is 0 Å². The van der Waals surface area contributed by atoms with Crippen LogP contribution in [-0.4, -0.2) is 50.2 Å². The first-order chi connectivity index (χ1) is 9.20. The number of carbonyl (C=O) groups is 1. The lowest BCUT2D eigenvalue weighted by atomic mass is 10.1. The van der Waals surface area contributed by atoms with Crippen LogP contribution in [0, 0.1) is 6.92 Å². The Labute approximate surface area is 114 Å². The minimum absolute atomic E-state index is 0.109. The highest BCUT2D eigenvalue weighted by Crippen LogP contribution is 2.13. The summed E-state index contributed by atoms with van der Waals surface area (Å²) in [5, 5.41) is 3.11. The van der Waals surface area contributed by atoms with Crippen LogP contribution in [0.4, 0.5) is 0 Å². The number of benzene rings is 1. The molecule has 1 aromatic carbocycles. The molecular weight excluding hydrogens is 240 g/mol. The number of rotatable bonds is 4. The monoisotopic (exact) mass is 262 g/mol. The fraction of sp³-hybridized carbons (Fsp3) is 0.533. The lowest BCUT2D eigenvalue weighted by Crippen LogP contribution is -2.46. The molecule has 0 radical (unpaired) electrons. The summed E-state index contributed by atoms with van der Waals surface area (Å²) in [7, 11) is 1.93. The molecule has 19 heavy (non-hydrogen) atoms. The van der Waals surface area contributed by atoms with Crippen LogP contribution in [0.15, 0.2) is 24.3 Å². The van der Waals surface area contributed by atoms with Gasteiger partial charge in [-0.2, -0.15) is 0 Å². The third-order valence-electron chi connectivity index (χ3n) is 3.44. The molecule has 1 aliphatic rings. The van der Waals surface area contributed by atoms with Crippen LogP contribution >= 0.6 is 0 Å². The van der Waals surface area contributed by atoms with Crippen molar-refractivity contribution < 1.29 is 9.53 Å². The maximum atomic E-state index is 12.4. The second-order valence-corrected chi connectivity index (χ2v) is 5.00. The number of morpholine rings is 1. The van der Waals surface area contributed by atoms with Crippen molar-refractivity contribution in [2.24, 2.45) is 0 Å². The summed E-state index contributed by atoms with van der Waals surface area (Å²) in [5.74, 6) is 0.109. The molecule has 0 spiro atoms. The highest BCUT2D eigenvalue weighted by Gasteiger charge is 2.24. The Kier molecular flexibility index (Phi) is 4.93. The number of amides is 1. The van der Waals surface area contributed by atoms with Gasteiger partial charge in [-0.05, 0) is 39.1 Å². The molecule has 2 rings (SSSR count). The molecule has 1 atom stereocenters. The van der Waals surface area contributed by atoms with Crippen molar-refractivity contribution in [1.82, 2.24) is 10.2 Å². The minimum atomic E-state index is 0.109. The molecule has 1 fully saturated rings. The summed E-state index contributed by atoms with van der Waals surface area (Å²) in [5.41, 5.74) is 1.94. The minimum Gasteiger partial charge on any atom is -0.374 e. The quantitative estimate of drug-likeness (QED) is 0.893. The van der Waals surface area contributed by atoms with Gasteiger partial charge < -0.3 is 15.0 Å². The molecule has 1 amide bonds. The molecule has 0 aromatic heterocycles. The molecule has 1 aromatic rings. The lowest BCUT2D eigenvalue weighted by molar-refractivity contribution is -0.0243. The molecule has 0 bridgehead atoms. The summed E-state index contributed by atoms with van der Waals surface area (Å²) >= 11 is 0. The Morgan fingerprint density at radius 1 is 1.42 bits per heavy atom. The van der Waals surface area contributed by atoms with E-state index in [2.05, 4.69) is 5.32 Å². The van der Waals surface area contributed by atoms with E-state index in [4.69, 9.17) is 4.74 Å². The third kappa shape index (κ3) is 3.78. The van der Waals surface area contributed by atoms with Crippen molar-refractivity contribution in [2.75, 3.05) is 33.3 Å². The summed E-state index contributed by atoms with van der Waals surface area (Å²) in [6, 6.07) is 7.75. The molecule has 104 valence electrons. The maximum Gasteiger partial charge on any atom is 0.254 e. The van der Waals surface area contributed by atoms with E-state index in [0.29, 0.717) is 19.7 Å². The predicted octanol–water partition coefficient (Wildman–Crippen LogP) is 1.45. The van der Waals surface area contributed by atoms with Crippen LogP contribution in [-0.2, 0) is 4.74 Å². The van der Waals surface area contributed by atoms with Crippen LogP contribution in [0.2, 0.25) is 0 Å². The molecule has 1 aliphatic heterocycles. The van der Waals surface area contributed by atoms with Gasteiger partial charge in [0.05, 0.1) is 12.7 Å². The molecule has 1 heterocycles. The normalized spacial score (nSPS) is 19.5. The van der Waals surface area contributed by atoms with E-state index >= 15 is 0 Å². The largest absolute Gasteiger partial charge is 0.374 e. The smallest absolute Gasteiger partial charge is 0.254 e. The number of ether oxygens (including phenoxy) is 1.